The zero-order chi connectivity index (χ0) is 14.1. The van der Waals surface area contributed by atoms with Gasteiger partial charge in [0.2, 0.25) is 0 Å². The van der Waals surface area contributed by atoms with Gasteiger partial charge in [-0.25, -0.2) is 0 Å². The van der Waals surface area contributed by atoms with E-state index in [0.717, 1.165) is 45.8 Å². The predicted molar refractivity (Wildman–Crippen MR) is 79.1 cm³/mol. The lowest BCUT2D eigenvalue weighted by atomic mass is 9.93. The zero-order valence-corrected chi connectivity index (χ0v) is 13.0. The van der Waals surface area contributed by atoms with Crippen LogP contribution in [-0.4, -0.2) is 50.6 Å². The first kappa shape index (κ1) is 16.9. The Morgan fingerprint density at radius 1 is 1.32 bits per heavy atom. The van der Waals surface area contributed by atoms with E-state index >= 15 is 0 Å². The van der Waals surface area contributed by atoms with Crippen molar-refractivity contribution in [2.24, 2.45) is 11.1 Å². The van der Waals surface area contributed by atoms with Crippen molar-refractivity contribution in [3.63, 3.8) is 0 Å². The summed E-state index contributed by atoms with van der Waals surface area (Å²) in [6.07, 6.45) is 4.64. The molecule has 0 amide bonds. The highest BCUT2D eigenvalue weighted by Crippen LogP contribution is 2.16. The molecule has 2 N–H and O–H groups in total. The van der Waals surface area contributed by atoms with Crippen LogP contribution in [-0.2, 0) is 9.47 Å². The Labute approximate surface area is 118 Å². The van der Waals surface area contributed by atoms with Crippen molar-refractivity contribution in [2.75, 3.05) is 39.4 Å². The van der Waals surface area contributed by atoms with Gasteiger partial charge in [0, 0.05) is 19.7 Å². The molecular weight excluding hydrogens is 240 g/mol. The summed E-state index contributed by atoms with van der Waals surface area (Å²) >= 11 is 0. The van der Waals surface area contributed by atoms with Crippen LogP contribution in [0.15, 0.2) is 0 Å². The summed E-state index contributed by atoms with van der Waals surface area (Å²) in [5, 5.41) is 0. The van der Waals surface area contributed by atoms with Gasteiger partial charge in [-0.2, -0.15) is 0 Å². The second kappa shape index (κ2) is 8.90. The molecule has 1 saturated heterocycles. The van der Waals surface area contributed by atoms with Crippen LogP contribution in [0.25, 0.3) is 0 Å². The largest absolute Gasteiger partial charge is 0.353 e. The summed E-state index contributed by atoms with van der Waals surface area (Å²) in [5.41, 5.74) is 6.00. The molecular formula is C15H32N2O2. The van der Waals surface area contributed by atoms with E-state index in [4.69, 9.17) is 15.2 Å². The van der Waals surface area contributed by atoms with Gasteiger partial charge in [0.05, 0.1) is 6.61 Å². The van der Waals surface area contributed by atoms with E-state index in [1.165, 1.54) is 19.3 Å². The number of hydrogen-bond acceptors (Lipinski definition) is 4. The SMILES string of the molecule is CCCN(CCOC1CCCCO1)CC(C)(C)CN. The van der Waals surface area contributed by atoms with Crippen molar-refractivity contribution >= 4 is 0 Å². The average molecular weight is 272 g/mol. The van der Waals surface area contributed by atoms with Crippen LogP contribution >= 0.6 is 0 Å². The third-order valence-corrected chi connectivity index (χ3v) is 3.59. The van der Waals surface area contributed by atoms with Crippen molar-refractivity contribution < 1.29 is 9.47 Å². The molecule has 0 saturated carbocycles. The molecule has 1 atom stereocenters. The van der Waals surface area contributed by atoms with Crippen LogP contribution in [0.4, 0.5) is 0 Å². The molecule has 1 unspecified atom stereocenters. The third kappa shape index (κ3) is 7.25. The first-order chi connectivity index (χ1) is 9.07. The topological polar surface area (TPSA) is 47.7 Å². The van der Waals surface area contributed by atoms with Gasteiger partial charge in [-0.3, -0.25) is 0 Å². The van der Waals surface area contributed by atoms with Gasteiger partial charge in [-0.15, -0.1) is 0 Å². The molecule has 1 aliphatic heterocycles. The van der Waals surface area contributed by atoms with Gasteiger partial charge in [-0.1, -0.05) is 20.8 Å². The molecule has 1 aliphatic rings. The molecule has 19 heavy (non-hydrogen) atoms. The van der Waals surface area contributed by atoms with E-state index in [2.05, 4.69) is 25.7 Å². The highest BCUT2D eigenvalue weighted by molar-refractivity contribution is 4.74. The van der Waals surface area contributed by atoms with Gasteiger partial charge in [0.25, 0.3) is 0 Å². The molecule has 0 spiro atoms. The Morgan fingerprint density at radius 2 is 2.11 bits per heavy atom. The maximum Gasteiger partial charge on any atom is 0.157 e. The number of nitrogens with two attached hydrogens (primary N) is 1. The molecule has 0 aromatic rings. The molecule has 0 aromatic carbocycles. The highest BCUT2D eigenvalue weighted by Gasteiger charge is 2.20. The van der Waals surface area contributed by atoms with Gasteiger partial charge < -0.3 is 20.1 Å². The minimum Gasteiger partial charge on any atom is -0.353 e. The molecule has 4 heteroatoms. The smallest absolute Gasteiger partial charge is 0.157 e. The molecule has 0 aliphatic carbocycles. The van der Waals surface area contributed by atoms with Crippen LogP contribution in [0.3, 0.4) is 0 Å². The minimum atomic E-state index is 0.0275. The van der Waals surface area contributed by atoms with E-state index in [1.54, 1.807) is 0 Å². The normalized spacial score (nSPS) is 21.0. The van der Waals surface area contributed by atoms with Gasteiger partial charge in [0.15, 0.2) is 6.29 Å². The fraction of sp³-hybridized carbons (Fsp3) is 1.00. The second-order valence-electron chi connectivity index (χ2n) is 6.31. The molecule has 1 heterocycles. The lowest BCUT2D eigenvalue weighted by Gasteiger charge is -2.32. The van der Waals surface area contributed by atoms with Crippen LogP contribution in [0.5, 0.6) is 0 Å². The quantitative estimate of drug-likeness (QED) is 0.699. The standard InChI is InChI=1S/C15H32N2O2/c1-4-8-17(13-15(2,3)12-16)9-11-19-14-7-5-6-10-18-14/h14H,4-13,16H2,1-3H3. The Hall–Kier alpha value is -0.160. The fourth-order valence-electron chi connectivity index (χ4n) is 2.41. The van der Waals surface area contributed by atoms with Crippen LogP contribution < -0.4 is 5.73 Å². The predicted octanol–water partition coefficient (Wildman–Crippen LogP) is 2.23. The summed E-state index contributed by atoms with van der Waals surface area (Å²) < 4.78 is 11.4. The van der Waals surface area contributed by atoms with Crippen LogP contribution in [0.2, 0.25) is 0 Å². The molecule has 0 radical (unpaired) electrons. The van der Waals surface area contributed by atoms with Gasteiger partial charge in [0.1, 0.15) is 0 Å². The maximum atomic E-state index is 5.82. The third-order valence-electron chi connectivity index (χ3n) is 3.59. The fourth-order valence-corrected chi connectivity index (χ4v) is 2.41. The molecule has 0 bridgehead atoms. The lowest BCUT2D eigenvalue weighted by molar-refractivity contribution is -0.164. The van der Waals surface area contributed by atoms with E-state index in [0.29, 0.717) is 0 Å². The molecule has 0 aromatic heterocycles. The number of ether oxygens (including phenoxy) is 2. The first-order valence-corrected chi connectivity index (χ1v) is 7.73. The van der Waals surface area contributed by atoms with E-state index < -0.39 is 0 Å². The number of hydrogen-bond donors (Lipinski definition) is 1. The molecule has 4 nitrogen and oxygen atoms in total. The molecule has 1 fully saturated rings. The van der Waals surface area contributed by atoms with Gasteiger partial charge >= 0.3 is 0 Å². The Balaban J connectivity index is 2.24. The Bertz CT molecular complexity index is 228. The van der Waals surface area contributed by atoms with Crippen molar-refractivity contribution in [3.8, 4) is 0 Å². The summed E-state index contributed by atoms with van der Waals surface area (Å²) in [7, 11) is 0. The molecule has 114 valence electrons. The van der Waals surface area contributed by atoms with Crippen LogP contribution in [0, 0.1) is 5.41 Å². The summed E-state index contributed by atoms with van der Waals surface area (Å²) in [6.45, 7) is 12.1. The first-order valence-electron chi connectivity index (χ1n) is 7.73. The van der Waals surface area contributed by atoms with E-state index in [-0.39, 0.29) is 11.7 Å². The number of rotatable bonds is 9. The van der Waals surface area contributed by atoms with Crippen molar-refractivity contribution in [3.05, 3.63) is 0 Å². The minimum absolute atomic E-state index is 0.0275. The van der Waals surface area contributed by atoms with Crippen molar-refractivity contribution in [2.45, 2.75) is 52.7 Å². The lowest BCUT2D eigenvalue weighted by Crippen LogP contribution is -2.41. The van der Waals surface area contributed by atoms with E-state index in [1.807, 2.05) is 0 Å². The highest BCUT2D eigenvalue weighted by atomic mass is 16.7. The summed E-state index contributed by atoms with van der Waals surface area (Å²) in [4.78, 5) is 2.45. The van der Waals surface area contributed by atoms with Gasteiger partial charge in [-0.05, 0) is 44.2 Å². The summed E-state index contributed by atoms with van der Waals surface area (Å²) in [5.74, 6) is 0. The average Bonchev–Trinajstić information content (AvgIpc) is 2.40. The van der Waals surface area contributed by atoms with Crippen molar-refractivity contribution in [1.82, 2.24) is 4.90 Å². The summed E-state index contributed by atoms with van der Waals surface area (Å²) in [6, 6.07) is 0. The number of nitrogens with zero attached hydrogens (tertiary/aromatic N) is 1. The van der Waals surface area contributed by atoms with E-state index in [9.17, 15) is 0 Å². The Kier molecular flexibility index (Phi) is 7.91. The zero-order valence-electron chi connectivity index (χ0n) is 13.0. The van der Waals surface area contributed by atoms with Crippen LogP contribution in [0.1, 0.15) is 46.5 Å². The van der Waals surface area contributed by atoms with Crippen molar-refractivity contribution in [1.29, 1.82) is 0 Å². The Morgan fingerprint density at radius 3 is 2.68 bits per heavy atom. The molecule has 1 rings (SSSR count). The second-order valence-corrected chi connectivity index (χ2v) is 6.31. The monoisotopic (exact) mass is 272 g/mol. The maximum absolute atomic E-state index is 5.82.